The molecule has 6 rings (SSSR count). The number of fused-ring (bicyclic) bond motifs is 3. The molecule has 2 heterocycles. The number of para-hydroxylation sites is 1. The van der Waals surface area contributed by atoms with Crippen molar-refractivity contribution in [2.45, 2.75) is 18.8 Å². The van der Waals surface area contributed by atoms with Crippen LogP contribution in [0.15, 0.2) is 106 Å². The molecule has 0 unspecified atom stereocenters. The van der Waals surface area contributed by atoms with Gasteiger partial charge < -0.3 is 18.6 Å². The molecule has 0 amide bonds. The summed E-state index contributed by atoms with van der Waals surface area (Å²) in [7, 11) is 1.64. The molecular weight excluding hydrogens is 492 g/mol. The van der Waals surface area contributed by atoms with Gasteiger partial charge in [-0.25, -0.2) is 0 Å². The number of hydrogen-bond acceptors (Lipinski definition) is 6. The largest absolute Gasteiger partial charge is 0.497 e. The van der Waals surface area contributed by atoms with E-state index in [2.05, 4.69) is 0 Å². The second-order valence-electron chi connectivity index (χ2n) is 9.41. The summed E-state index contributed by atoms with van der Waals surface area (Å²) in [5, 5.41) is 0.441. The highest BCUT2D eigenvalue weighted by Crippen LogP contribution is 2.45. The number of carbonyl (C=O) groups is 1. The van der Waals surface area contributed by atoms with E-state index in [4.69, 9.17) is 18.6 Å². The first-order valence-corrected chi connectivity index (χ1v) is 12.8. The monoisotopic (exact) mass is 518 g/mol. The van der Waals surface area contributed by atoms with Crippen molar-refractivity contribution in [3.8, 4) is 28.4 Å². The smallest absolute Gasteiger partial charge is 0.312 e. The molecule has 6 heteroatoms. The summed E-state index contributed by atoms with van der Waals surface area (Å²) in [6.45, 7) is 0.457. The number of esters is 1. The molecule has 1 aromatic heterocycles. The zero-order chi connectivity index (χ0) is 26.8. The fraction of sp³-hybridized carbons (Fsp3) is 0.152. The van der Waals surface area contributed by atoms with Gasteiger partial charge >= 0.3 is 5.97 Å². The summed E-state index contributed by atoms with van der Waals surface area (Å²) >= 11 is 0. The Balaban J connectivity index is 1.36. The summed E-state index contributed by atoms with van der Waals surface area (Å²) in [6.07, 6.45) is 2.31. The zero-order valence-corrected chi connectivity index (χ0v) is 21.4. The van der Waals surface area contributed by atoms with Crippen LogP contribution < -0.4 is 19.6 Å². The van der Waals surface area contributed by atoms with Gasteiger partial charge in [-0.15, -0.1) is 0 Å². The van der Waals surface area contributed by atoms with E-state index in [9.17, 15) is 9.59 Å². The van der Waals surface area contributed by atoms with E-state index in [1.165, 1.54) is 6.26 Å². The molecule has 4 aromatic carbocycles. The molecule has 5 aromatic rings. The van der Waals surface area contributed by atoms with E-state index >= 15 is 0 Å². The Morgan fingerprint density at radius 1 is 0.872 bits per heavy atom. The molecule has 194 valence electrons. The standard InChI is InChI=1S/C33H26O6/c1-36-23-13-11-21(12-14-23)17-18-37-28-10-6-5-9-24(28)26-19-30(34)39-29-16-15-25-32(35)27(20-38-33(25)31(26)29)22-7-3-2-4-8-22/h2-16,20,26H,17-19H2,1H3/t26-/m0/s1. The Kier molecular flexibility index (Phi) is 6.59. The number of hydrogen-bond donors (Lipinski definition) is 0. The molecular formula is C33H26O6. The molecule has 0 spiro atoms. The van der Waals surface area contributed by atoms with Gasteiger partial charge in [0, 0.05) is 23.5 Å². The predicted octanol–water partition coefficient (Wildman–Crippen LogP) is 6.53. The molecule has 6 nitrogen and oxygen atoms in total. The first-order valence-electron chi connectivity index (χ1n) is 12.8. The summed E-state index contributed by atoms with van der Waals surface area (Å²) in [5.41, 5.74) is 4.19. The summed E-state index contributed by atoms with van der Waals surface area (Å²) in [5.74, 6) is 1.14. The third-order valence-corrected chi connectivity index (χ3v) is 7.07. The zero-order valence-electron chi connectivity index (χ0n) is 21.4. The van der Waals surface area contributed by atoms with Gasteiger partial charge in [0.2, 0.25) is 5.43 Å². The van der Waals surface area contributed by atoms with Crippen molar-refractivity contribution >= 4 is 16.9 Å². The summed E-state index contributed by atoms with van der Waals surface area (Å²) in [4.78, 5) is 26.2. The first-order chi connectivity index (χ1) is 19.1. The number of carbonyl (C=O) groups excluding carboxylic acids is 1. The van der Waals surface area contributed by atoms with Crippen LogP contribution in [-0.2, 0) is 11.2 Å². The van der Waals surface area contributed by atoms with Gasteiger partial charge in [-0.1, -0.05) is 60.7 Å². The lowest BCUT2D eigenvalue weighted by Crippen LogP contribution is -2.22. The van der Waals surface area contributed by atoms with E-state index in [1.54, 1.807) is 19.2 Å². The molecule has 0 radical (unpaired) electrons. The highest BCUT2D eigenvalue weighted by Gasteiger charge is 2.33. The van der Waals surface area contributed by atoms with Crippen molar-refractivity contribution in [1.29, 1.82) is 0 Å². The van der Waals surface area contributed by atoms with Crippen molar-refractivity contribution in [3.05, 3.63) is 124 Å². The Bertz CT molecular complexity index is 1700. The van der Waals surface area contributed by atoms with Crippen LogP contribution in [0.2, 0.25) is 0 Å². The van der Waals surface area contributed by atoms with Crippen LogP contribution in [0.25, 0.3) is 22.1 Å². The predicted molar refractivity (Wildman–Crippen MR) is 149 cm³/mol. The van der Waals surface area contributed by atoms with Crippen molar-refractivity contribution in [3.63, 3.8) is 0 Å². The maximum atomic E-state index is 13.5. The molecule has 0 N–H and O–H groups in total. The van der Waals surface area contributed by atoms with E-state index in [0.29, 0.717) is 46.6 Å². The fourth-order valence-corrected chi connectivity index (χ4v) is 5.11. The molecule has 0 saturated carbocycles. The fourth-order valence-electron chi connectivity index (χ4n) is 5.11. The van der Waals surface area contributed by atoms with Gasteiger partial charge in [-0.2, -0.15) is 0 Å². The number of rotatable bonds is 7. The maximum absolute atomic E-state index is 13.5. The second kappa shape index (κ2) is 10.5. The minimum atomic E-state index is -0.395. The number of ether oxygens (including phenoxy) is 3. The van der Waals surface area contributed by atoms with Gasteiger partial charge in [0.1, 0.15) is 29.1 Å². The minimum absolute atomic E-state index is 0.106. The van der Waals surface area contributed by atoms with Gasteiger partial charge in [-0.05, 0) is 41.5 Å². The van der Waals surface area contributed by atoms with E-state index < -0.39 is 5.92 Å². The van der Waals surface area contributed by atoms with Gasteiger partial charge in [-0.3, -0.25) is 9.59 Å². The molecule has 0 saturated heterocycles. The molecule has 1 aliphatic heterocycles. The Morgan fingerprint density at radius 2 is 1.64 bits per heavy atom. The van der Waals surface area contributed by atoms with E-state index in [0.717, 1.165) is 22.4 Å². The molecule has 39 heavy (non-hydrogen) atoms. The summed E-state index contributed by atoms with van der Waals surface area (Å²) < 4.78 is 23.2. The quantitative estimate of drug-likeness (QED) is 0.180. The Hall–Kier alpha value is -4.84. The van der Waals surface area contributed by atoms with Gasteiger partial charge in [0.15, 0.2) is 0 Å². The topological polar surface area (TPSA) is 75.0 Å². The van der Waals surface area contributed by atoms with Crippen molar-refractivity contribution in [2.75, 3.05) is 13.7 Å². The Morgan fingerprint density at radius 3 is 2.44 bits per heavy atom. The van der Waals surface area contributed by atoms with Crippen molar-refractivity contribution < 1.29 is 23.4 Å². The van der Waals surface area contributed by atoms with Crippen LogP contribution in [0.5, 0.6) is 17.2 Å². The average molecular weight is 519 g/mol. The molecule has 1 atom stereocenters. The molecule has 1 aliphatic rings. The van der Waals surface area contributed by atoms with E-state index in [1.807, 2.05) is 78.9 Å². The Labute approximate surface area is 225 Å². The van der Waals surface area contributed by atoms with E-state index in [-0.39, 0.29) is 17.8 Å². The van der Waals surface area contributed by atoms with Crippen LogP contribution in [0, 0.1) is 0 Å². The van der Waals surface area contributed by atoms with Crippen LogP contribution >= 0.6 is 0 Å². The minimum Gasteiger partial charge on any atom is -0.497 e. The molecule has 0 fully saturated rings. The number of methoxy groups -OCH3 is 1. The number of benzene rings is 4. The molecule has 0 aliphatic carbocycles. The molecule has 0 bridgehead atoms. The van der Waals surface area contributed by atoms with Crippen LogP contribution in [0.4, 0.5) is 0 Å². The summed E-state index contributed by atoms with van der Waals surface area (Å²) in [6, 6.07) is 28.3. The third kappa shape index (κ3) is 4.77. The lowest BCUT2D eigenvalue weighted by atomic mass is 9.84. The highest BCUT2D eigenvalue weighted by molar-refractivity contribution is 5.90. The van der Waals surface area contributed by atoms with Crippen LogP contribution in [0.1, 0.15) is 29.0 Å². The third-order valence-electron chi connectivity index (χ3n) is 7.07. The van der Waals surface area contributed by atoms with Crippen molar-refractivity contribution in [1.82, 2.24) is 0 Å². The highest BCUT2D eigenvalue weighted by atomic mass is 16.5. The maximum Gasteiger partial charge on any atom is 0.312 e. The van der Waals surface area contributed by atoms with Gasteiger partial charge in [0.25, 0.3) is 0 Å². The van der Waals surface area contributed by atoms with Crippen LogP contribution in [-0.4, -0.2) is 19.7 Å². The first kappa shape index (κ1) is 24.5. The SMILES string of the molecule is COc1ccc(CCOc2ccccc2[C@@H]2CC(=O)Oc3ccc4c(=O)c(-c5ccccc5)coc4c32)cc1. The second-order valence-corrected chi connectivity index (χ2v) is 9.41. The van der Waals surface area contributed by atoms with Gasteiger partial charge in [0.05, 0.1) is 31.1 Å². The lowest BCUT2D eigenvalue weighted by Gasteiger charge is -2.27. The lowest BCUT2D eigenvalue weighted by molar-refractivity contribution is -0.135. The normalized spacial score (nSPS) is 14.5. The average Bonchev–Trinajstić information content (AvgIpc) is 2.98. The van der Waals surface area contributed by atoms with Crippen molar-refractivity contribution in [2.24, 2.45) is 0 Å². The van der Waals surface area contributed by atoms with Crippen LogP contribution in [0.3, 0.4) is 0 Å².